The number of pyridine rings is 2. The molecule has 2 aromatic heterocycles. The molecular formula is C38H60BBrN8O8. The van der Waals surface area contributed by atoms with Crippen LogP contribution >= 0.6 is 15.9 Å². The summed E-state index contributed by atoms with van der Waals surface area (Å²) in [6.45, 7) is 23.2. The van der Waals surface area contributed by atoms with Crippen molar-refractivity contribution in [3.63, 3.8) is 0 Å². The van der Waals surface area contributed by atoms with Gasteiger partial charge in [0.2, 0.25) is 0 Å². The lowest BCUT2D eigenvalue weighted by Gasteiger charge is -2.39. The molecule has 2 atom stereocenters. The number of rotatable bonds is 7. The number of halogens is 1. The van der Waals surface area contributed by atoms with Gasteiger partial charge in [0, 0.05) is 108 Å². The smallest absolute Gasteiger partial charge is 0.444 e. The van der Waals surface area contributed by atoms with Gasteiger partial charge in [-0.15, -0.1) is 0 Å². The summed E-state index contributed by atoms with van der Waals surface area (Å²) in [4.78, 5) is 45.8. The number of ether oxygens (including phenoxy) is 4. The second kappa shape index (κ2) is 19.9. The Kier molecular flexibility index (Phi) is 15.6. The molecule has 0 aromatic carbocycles. The van der Waals surface area contributed by atoms with E-state index in [2.05, 4.69) is 45.5 Å². The normalized spacial score (nSPS) is 21.6. The first-order valence-electron chi connectivity index (χ1n) is 19.6. The molecule has 4 aliphatic rings. The second-order valence-electron chi connectivity index (χ2n) is 16.6. The van der Waals surface area contributed by atoms with Crippen molar-refractivity contribution in [2.45, 2.75) is 65.0 Å². The molecule has 4 aliphatic heterocycles. The van der Waals surface area contributed by atoms with Crippen LogP contribution in [0.2, 0.25) is 0 Å². The quantitative estimate of drug-likeness (QED) is 0.391. The molecule has 0 saturated carbocycles. The van der Waals surface area contributed by atoms with E-state index in [9.17, 15) is 19.6 Å². The van der Waals surface area contributed by atoms with Gasteiger partial charge >= 0.3 is 19.3 Å². The number of morpholine rings is 2. The number of nitrogens with zero attached hydrogens (tertiary/aromatic N) is 8. The number of aromatic nitrogens is 2. The van der Waals surface area contributed by atoms with Crippen LogP contribution in [0.15, 0.2) is 41.1 Å². The summed E-state index contributed by atoms with van der Waals surface area (Å²) in [7, 11) is -1.50. The van der Waals surface area contributed by atoms with E-state index in [1.807, 2.05) is 59.9 Å². The summed E-state index contributed by atoms with van der Waals surface area (Å²) in [6.07, 6.45) is 3.11. The molecule has 0 unspecified atom stereocenters. The molecule has 2 amide bonds. The van der Waals surface area contributed by atoms with Gasteiger partial charge in [0.25, 0.3) is 0 Å². The summed E-state index contributed by atoms with van der Waals surface area (Å²) in [5.74, 6) is 1.70. The second-order valence-corrected chi connectivity index (χ2v) is 17.5. The maximum atomic E-state index is 12.2. The van der Waals surface area contributed by atoms with Crippen LogP contribution in [-0.4, -0.2) is 187 Å². The number of anilines is 2. The molecule has 6 heterocycles. The molecule has 0 aliphatic carbocycles. The fourth-order valence-electron chi connectivity index (χ4n) is 6.86. The third kappa shape index (κ3) is 14.0. The Morgan fingerprint density at radius 1 is 0.714 bits per heavy atom. The van der Waals surface area contributed by atoms with Gasteiger partial charge in [0.05, 0.1) is 25.4 Å². The summed E-state index contributed by atoms with van der Waals surface area (Å²) >= 11 is 3.51. The van der Waals surface area contributed by atoms with Crippen molar-refractivity contribution in [3.8, 4) is 0 Å². The molecule has 18 heteroatoms. The molecular weight excluding hydrogens is 787 g/mol. The predicted octanol–water partition coefficient (Wildman–Crippen LogP) is 2.12. The third-order valence-electron chi connectivity index (χ3n) is 9.67. The molecule has 4 fully saturated rings. The van der Waals surface area contributed by atoms with Crippen molar-refractivity contribution in [2.24, 2.45) is 0 Å². The lowest BCUT2D eigenvalue weighted by Crippen LogP contribution is -2.54. The van der Waals surface area contributed by atoms with Gasteiger partial charge in [-0.1, -0.05) is 15.9 Å². The van der Waals surface area contributed by atoms with Crippen molar-refractivity contribution in [3.05, 3.63) is 41.1 Å². The van der Waals surface area contributed by atoms with Gasteiger partial charge in [-0.2, -0.15) is 0 Å². The summed E-state index contributed by atoms with van der Waals surface area (Å²) in [5.41, 5.74) is -0.504. The highest BCUT2D eigenvalue weighted by Crippen LogP contribution is 2.21. The molecule has 0 radical (unpaired) electrons. The van der Waals surface area contributed by atoms with Crippen molar-refractivity contribution < 1.29 is 38.6 Å². The largest absolute Gasteiger partial charge is 0.488 e. The fraction of sp³-hybridized carbons (Fsp3) is 0.684. The van der Waals surface area contributed by atoms with E-state index in [4.69, 9.17) is 18.9 Å². The van der Waals surface area contributed by atoms with E-state index in [1.165, 1.54) is 0 Å². The number of carbonyl (C=O) groups is 2. The maximum absolute atomic E-state index is 12.2. The number of amides is 2. The molecule has 310 valence electrons. The van der Waals surface area contributed by atoms with Crippen LogP contribution in [-0.2, 0) is 18.9 Å². The first-order chi connectivity index (χ1) is 26.5. The summed E-state index contributed by atoms with van der Waals surface area (Å²) in [6, 6.07) is 7.27. The van der Waals surface area contributed by atoms with E-state index >= 15 is 0 Å². The van der Waals surface area contributed by atoms with Crippen LogP contribution in [0.3, 0.4) is 0 Å². The maximum Gasteiger partial charge on any atom is 0.488 e. The highest BCUT2D eigenvalue weighted by atomic mass is 79.9. The van der Waals surface area contributed by atoms with Crippen LogP contribution in [0.1, 0.15) is 41.5 Å². The summed E-state index contributed by atoms with van der Waals surface area (Å²) < 4.78 is 23.9. The fourth-order valence-corrected chi connectivity index (χ4v) is 7.19. The van der Waals surface area contributed by atoms with E-state index < -0.39 is 18.3 Å². The lowest BCUT2D eigenvalue weighted by atomic mass is 9.81. The number of hydrogen-bond donors (Lipinski definition) is 2. The zero-order valence-electron chi connectivity index (χ0n) is 33.8. The lowest BCUT2D eigenvalue weighted by molar-refractivity contribution is -0.00685. The van der Waals surface area contributed by atoms with E-state index in [1.54, 1.807) is 28.1 Å². The topological polar surface area (TPSA) is 157 Å². The van der Waals surface area contributed by atoms with Gasteiger partial charge in [0.1, 0.15) is 22.8 Å². The van der Waals surface area contributed by atoms with E-state index in [0.29, 0.717) is 57.9 Å². The van der Waals surface area contributed by atoms with Crippen molar-refractivity contribution >= 4 is 52.3 Å². The monoisotopic (exact) mass is 846 g/mol. The zero-order chi connectivity index (χ0) is 40.5. The number of piperazine rings is 2. The van der Waals surface area contributed by atoms with E-state index in [0.717, 1.165) is 68.5 Å². The average molecular weight is 848 g/mol. The van der Waals surface area contributed by atoms with Gasteiger partial charge in [0.15, 0.2) is 0 Å². The minimum Gasteiger partial charge on any atom is -0.444 e. The van der Waals surface area contributed by atoms with Crippen molar-refractivity contribution in [1.29, 1.82) is 0 Å². The molecule has 6 rings (SSSR count). The molecule has 0 spiro atoms. The summed E-state index contributed by atoms with van der Waals surface area (Å²) in [5, 5.41) is 18.8. The van der Waals surface area contributed by atoms with Gasteiger partial charge in [-0.3, -0.25) is 9.80 Å². The molecule has 2 N–H and O–H groups in total. The van der Waals surface area contributed by atoms with Crippen LogP contribution in [0.25, 0.3) is 0 Å². The standard InChI is InChI=1S/C19H31BN4O5.C19H29BrN4O3/c1-19(2,3)29-18(25)23-8-6-22(7-9-23)13-16-14-24(10-11-28-16)17-12-15(20(26)27)4-5-21-17;1-19(2,3)27-18(25)23-8-6-22(7-9-23)13-16-14-24(10-11-26-16)17-12-15(20)4-5-21-17/h4-5,12,16,26-27H,6-11,13-14H2,1-3H3;4-5,12,16H,6-11,13-14H2,1-3H3/t2*16-/m00/s1. The molecule has 56 heavy (non-hydrogen) atoms. The predicted molar refractivity (Wildman–Crippen MR) is 218 cm³/mol. The van der Waals surface area contributed by atoms with Gasteiger partial charge in [-0.25, -0.2) is 19.6 Å². The first kappa shape index (κ1) is 43.9. The minimum absolute atomic E-state index is 0.0290. The minimum atomic E-state index is -1.50. The van der Waals surface area contributed by atoms with Gasteiger partial charge in [-0.05, 0) is 71.3 Å². The van der Waals surface area contributed by atoms with Crippen LogP contribution in [0, 0.1) is 0 Å². The molecule has 16 nitrogen and oxygen atoms in total. The van der Waals surface area contributed by atoms with Crippen LogP contribution in [0.5, 0.6) is 0 Å². The Bertz CT molecular complexity index is 1570. The number of carbonyl (C=O) groups excluding carboxylic acids is 2. The SMILES string of the molecule is CC(C)(C)OC(=O)N1CCN(C[C@H]2CN(c3cc(B(O)O)ccn3)CCO2)CC1.CC(C)(C)OC(=O)N1CCN(C[C@H]2CN(c3cc(Br)ccn3)CCO2)CC1. The Hall–Kier alpha value is -3.26. The van der Waals surface area contributed by atoms with Crippen molar-refractivity contribution in [1.82, 2.24) is 29.6 Å². The average Bonchev–Trinajstić information content (AvgIpc) is 3.14. The highest BCUT2D eigenvalue weighted by molar-refractivity contribution is 9.10. The zero-order valence-corrected chi connectivity index (χ0v) is 35.4. The van der Waals surface area contributed by atoms with Crippen LogP contribution in [0.4, 0.5) is 21.2 Å². The van der Waals surface area contributed by atoms with E-state index in [-0.39, 0.29) is 24.4 Å². The first-order valence-corrected chi connectivity index (χ1v) is 20.4. The highest BCUT2D eigenvalue weighted by Gasteiger charge is 2.31. The molecule has 0 bridgehead atoms. The Morgan fingerprint density at radius 3 is 1.55 bits per heavy atom. The molecule has 2 aromatic rings. The Labute approximate surface area is 340 Å². The Balaban J connectivity index is 0.000000215. The third-order valence-corrected chi connectivity index (χ3v) is 10.2. The number of hydrogen-bond acceptors (Lipinski definition) is 14. The van der Waals surface area contributed by atoms with Gasteiger partial charge < -0.3 is 48.6 Å². The van der Waals surface area contributed by atoms with Crippen molar-refractivity contribution in [2.75, 3.05) is 115 Å². The molecule has 4 saturated heterocycles. The Morgan fingerprint density at radius 2 is 1.14 bits per heavy atom. The van der Waals surface area contributed by atoms with Crippen LogP contribution < -0.4 is 15.3 Å².